The van der Waals surface area contributed by atoms with Crippen molar-refractivity contribution in [3.8, 4) is 0 Å². The van der Waals surface area contributed by atoms with Gasteiger partial charge in [0.25, 0.3) is 0 Å². The molecule has 1 N–H and O–H groups in total. The molecule has 0 aliphatic carbocycles. The lowest BCUT2D eigenvalue weighted by Crippen LogP contribution is -2.27. The number of benzene rings is 1. The number of hydrogen-bond acceptors (Lipinski definition) is 5. The first-order chi connectivity index (χ1) is 11.6. The van der Waals surface area contributed by atoms with Crippen molar-refractivity contribution in [2.45, 2.75) is 26.0 Å². The van der Waals surface area contributed by atoms with Crippen molar-refractivity contribution in [1.29, 1.82) is 0 Å². The first-order valence-electron chi connectivity index (χ1n) is 7.54. The zero-order chi connectivity index (χ0) is 16.9. The molecule has 0 aliphatic rings. The maximum Gasteiger partial charge on any atom is 0.308 e. The van der Waals surface area contributed by atoms with Gasteiger partial charge in [-0.05, 0) is 28.3 Å². The van der Waals surface area contributed by atoms with Crippen LogP contribution in [0.25, 0.3) is 10.1 Å². The largest absolute Gasteiger partial charge is 0.461 e. The van der Waals surface area contributed by atoms with Crippen molar-refractivity contribution < 1.29 is 14.3 Å². The standard InChI is InChI=1S/C18H17NO3S2/c1-12(20)19-15(17-7-4-8-23-17)9-18(21)22-10-13-11-24-16-6-3-2-5-14(13)16/h2-8,11,15H,9-10H2,1H3,(H,19,20). The molecule has 0 radical (unpaired) electrons. The van der Waals surface area contributed by atoms with Gasteiger partial charge in [-0.2, -0.15) is 0 Å². The molecule has 1 unspecified atom stereocenters. The summed E-state index contributed by atoms with van der Waals surface area (Å²) in [6.45, 7) is 1.70. The Morgan fingerprint density at radius 2 is 2.00 bits per heavy atom. The molecule has 4 nitrogen and oxygen atoms in total. The molecule has 124 valence electrons. The van der Waals surface area contributed by atoms with Gasteiger partial charge in [-0.25, -0.2) is 0 Å². The van der Waals surface area contributed by atoms with Crippen LogP contribution in [0.2, 0.25) is 0 Å². The van der Waals surface area contributed by atoms with E-state index in [4.69, 9.17) is 4.74 Å². The third-order valence-corrected chi connectivity index (χ3v) is 5.58. The summed E-state index contributed by atoms with van der Waals surface area (Å²) >= 11 is 3.15. The molecular formula is C18H17NO3S2. The highest BCUT2D eigenvalue weighted by Crippen LogP contribution is 2.27. The zero-order valence-corrected chi connectivity index (χ0v) is 14.8. The molecule has 6 heteroatoms. The van der Waals surface area contributed by atoms with Crippen LogP contribution in [-0.4, -0.2) is 11.9 Å². The Bertz CT molecular complexity index is 839. The summed E-state index contributed by atoms with van der Waals surface area (Å²) < 4.78 is 6.60. The number of carbonyl (C=O) groups excluding carboxylic acids is 2. The predicted octanol–water partition coefficient (Wildman–Crippen LogP) is 4.27. The summed E-state index contributed by atoms with van der Waals surface area (Å²) in [6, 6.07) is 11.5. The molecule has 3 rings (SSSR count). The van der Waals surface area contributed by atoms with E-state index in [1.54, 1.807) is 11.3 Å². The second kappa shape index (κ2) is 7.59. The van der Waals surface area contributed by atoms with Gasteiger partial charge in [-0.1, -0.05) is 24.3 Å². The third-order valence-electron chi connectivity index (χ3n) is 3.58. The summed E-state index contributed by atoms with van der Waals surface area (Å²) in [5, 5.41) is 7.87. The van der Waals surface area contributed by atoms with Crippen molar-refractivity contribution in [3.63, 3.8) is 0 Å². The number of hydrogen-bond donors (Lipinski definition) is 1. The van der Waals surface area contributed by atoms with Crippen LogP contribution < -0.4 is 5.32 Å². The number of carbonyl (C=O) groups is 2. The Morgan fingerprint density at radius 1 is 1.17 bits per heavy atom. The lowest BCUT2D eigenvalue weighted by atomic mass is 10.1. The van der Waals surface area contributed by atoms with E-state index in [1.807, 2.05) is 41.1 Å². The molecule has 24 heavy (non-hydrogen) atoms. The van der Waals surface area contributed by atoms with Crippen molar-refractivity contribution in [2.24, 2.45) is 0 Å². The second-order valence-corrected chi connectivity index (χ2v) is 7.28. The van der Waals surface area contributed by atoms with E-state index < -0.39 is 0 Å². The fourth-order valence-corrected chi connectivity index (χ4v) is 4.21. The molecule has 1 amide bonds. The Labute approximate surface area is 148 Å². The number of rotatable bonds is 6. The van der Waals surface area contributed by atoms with Crippen LogP contribution in [0.4, 0.5) is 0 Å². The van der Waals surface area contributed by atoms with Gasteiger partial charge in [0.2, 0.25) is 5.91 Å². The van der Waals surface area contributed by atoms with Gasteiger partial charge in [0, 0.05) is 22.1 Å². The molecule has 3 aromatic rings. The van der Waals surface area contributed by atoms with Crippen molar-refractivity contribution >= 4 is 44.6 Å². The molecule has 0 aliphatic heterocycles. The summed E-state index contributed by atoms with van der Waals surface area (Å²) in [5.41, 5.74) is 1.01. The van der Waals surface area contributed by atoms with Gasteiger partial charge in [-0.15, -0.1) is 22.7 Å². The summed E-state index contributed by atoms with van der Waals surface area (Å²) in [4.78, 5) is 24.5. The molecule has 0 saturated carbocycles. The highest BCUT2D eigenvalue weighted by atomic mass is 32.1. The topological polar surface area (TPSA) is 55.4 Å². The Balaban J connectivity index is 1.62. The first kappa shape index (κ1) is 16.7. The second-order valence-electron chi connectivity index (χ2n) is 5.39. The van der Waals surface area contributed by atoms with Gasteiger partial charge in [0.1, 0.15) is 6.61 Å². The summed E-state index contributed by atoms with van der Waals surface area (Å²) in [6.07, 6.45) is 0.127. The quantitative estimate of drug-likeness (QED) is 0.669. The number of amides is 1. The Morgan fingerprint density at radius 3 is 2.75 bits per heavy atom. The van der Waals surface area contributed by atoms with Crippen molar-refractivity contribution in [1.82, 2.24) is 5.32 Å². The van der Waals surface area contributed by atoms with E-state index in [0.717, 1.165) is 15.8 Å². The molecule has 0 fully saturated rings. The minimum atomic E-state index is -0.339. The Kier molecular flexibility index (Phi) is 5.27. The molecular weight excluding hydrogens is 342 g/mol. The number of ether oxygens (including phenoxy) is 1. The molecule has 2 heterocycles. The minimum absolute atomic E-state index is 0.127. The van der Waals surface area contributed by atoms with Gasteiger partial charge in [0.05, 0.1) is 12.5 Å². The minimum Gasteiger partial charge on any atom is -0.461 e. The zero-order valence-electron chi connectivity index (χ0n) is 13.2. The summed E-state index contributed by atoms with van der Waals surface area (Å²) in [5.74, 6) is -0.484. The van der Waals surface area contributed by atoms with Crippen LogP contribution in [0.1, 0.15) is 29.8 Å². The number of nitrogens with one attached hydrogen (secondary N) is 1. The maximum absolute atomic E-state index is 12.2. The van der Waals surface area contributed by atoms with Gasteiger partial charge in [-0.3, -0.25) is 9.59 Å². The van der Waals surface area contributed by atoms with Gasteiger partial charge < -0.3 is 10.1 Å². The number of esters is 1. The maximum atomic E-state index is 12.2. The van der Waals surface area contributed by atoms with E-state index in [0.29, 0.717) is 0 Å². The van der Waals surface area contributed by atoms with E-state index >= 15 is 0 Å². The molecule has 0 bridgehead atoms. The predicted molar refractivity (Wildman–Crippen MR) is 97.1 cm³/mol. The number of thiophene rings is 2. The molecule has 1 aromatic carbocycles. The van der Waals surface area contributed by atoms with Crippen molar-refractivity contribution in [3.05, 3.63) is 57.6 Å². The molecule has 1 atom stereocenters. The van der Waals surface area contributed by atoms with Crippen LogP contribution >= 0.6 is 22.7 Å². The molecule has 2 aromatic heterocycles. The smallest absolute Gasteiger partial charge is 0.308 e. The first-order valence-corrected chi connectivity index (χ1v) is 9.30. The monoisotopic (exact) mass is 359 g/mol. The van der Waals surface area contributed by atoms with Crippen LogP contribution in [0, 0.1) is 0 Å². The van der Waals surface area contributed by atoms with Gasteiger partial charge in [0.15, 0.2) is 0 Å². The highest BCUT2D eigenvalue weighted by Gasteiger charge is 2.19. The average molecular weight is 359 g/mol. The Hall–Kier alpha value is -2.18. The van der Waals surface area contributed by atoms with E-state index in [-0.39, 0.29) is 30.9 Å². The van der Waals surface area contributed by atoms with Crippen LogP contribution in [0.5, 0.6) is 0 Å². The fourth-order valence-electron chi connectivity index (χ4n) is 2.49. The average Bonchev–Trinajstić information content (AvgIpc) is 3.22. The lowest BCUT2D eigenvalue weighted by molar-refractivity contribution is -0.145. The van der Waals surface area contributed by atoms with Crippen LogP contribution in [0.3, 0.4) is 0 Å². The summed E-state index contributed by atoms with van der Waals surface area (Å²) in [7, 11) is 0. The molecule has 0 saturated heterocycles. The van der Waals surface area contributed by atoms with E-state index in [2.05, 4.69) is 11.4 Å². The molecule has 0 spiro atoms. The van der Waals surface area contributed by atoms with E-state index in [9.17, 15) is 9.59 Å². The number of fused-ring (bicyclic) bond motifs is 1. The fraction of sp³-hybridized carbons (Fsp3) is 0.222. The highest BCUT2D eigenvalue weighted by molar-refractivity contribution is 7.17. The van der Waals surface area contributed by atoms with Gasteiger partial charge >= 0.3 is 5.97 Å². The van der Waals surface area contributed by atoms with Crippen molar-refractivity contribution in [2.75, 3.05) is 0 Å². The normalized spacial score (nSPS) is 12.0. The van der Waals surface area contributed by atoms with E-state index in [1.165, 1.54) is 23.0 Å². The van der Waals surface area contributed by atoms with Crippen LogP contribution in [-0.2, 0) is 20.9 Å². The lowest BCUT2D eigenvalue weighted by Gasteiger charge is -2.15. The third kappa shape index (κ3) is 4.01. The SMILES string of the molecule is CC(=O)NC(CC(=O)OCc1csc2ccccc12)c1cccs1. The van der Waals surface area contributed by atoms with Crippen LogP contribution in [0.15, 0.2) is 47.2 Å².